The summed E-state index contributed by atoms with van der Waals surface area (Å²) in [6, 6.07) is 9.66. The highest BCUT2D eigenvalue weighted by molar-refractivity contribution is 7.85. The predicted molar refractivity (Wildman–Crippen MR) is 57.2 cm³/mol. The van der Waals surface area contributed by atoms with E-state index in [-0.39, 0.29) is 5.25 Å². The molecule has 72 valence electrons. The van der Waals surface area contributed by atoms with Crippen LogP contribution in [0.1, 0.15) is 20.8 Å². The fourth-order valence-electron chi connectivity index (χ4n) is 1.02. The van der Waals surface area contributed by atoms with Crippen LogP contribution in [0.25, 0.3) is 0 Å². The summed E-state index contributed by atoms with van der Waals surface area (Å²) in [5.74, 6) is 0.459. The molecule has 0 N–H and O–H groups in total. The van der Waals surface area contributed by atoms with Crippen LogP contribution in [0.3, 0.4) is 0 Å². The maximum absolute atomic E-state index is 11.9. The second kappa shape index (κ2) is 4.56. The van der Waals surface area contributed by atoms with E-state index in [0.29, 0.717) is 5.92 Å². The average Bonchev–Trinajstić information content (AvgIpc) is 2.17. The lowest BCUT2D eigenvalue weighted by Gasteiger charge is -2.14. The Hall–Kier alpha value is -0.630. The van der Waals surface area contributed by atoms with Crippen molar-refractivity contribution in [2.75, 3.05) is 0 Å². The van der Waals surface area contributed by atoms with Crippen LogP contribution in [0.15, 0.2) is 35.2 Å². The third kappa shape index (κ3) is 2.66. The van der Waals surface area contributed by atoms with Crippen molar-refractivity contribution in [3.63, 3.8) is 0 Å². The molecule has 2 heteroatoms. The lowest BCUT2D eigenvalue weighted by atomic mass is 10.2. The molecule has 1 aromatic rings. The van der Waals surface area contributed by atoms with Crippen LogP contribution in [0.5, 0.6) is 0 Å². The summed E-state index contributed by atoms with van der Waals surface area (Å²) in [4.78, 5) is 0.934. The zero-order valence-corrected chi connectivity index (χ0v) is 9.17. The zero-order valence-electron chi connectivity index (χ0n) is 8.36. The highest BCUT2D eigenvalue weighted by Gasteiger charge is 2.15. The minimum absolute atomic E-state index is 0.224. The molecule has 1 nitrogen and oxygen atoms in total. The van der Waals surface area contributed by atoms with Gasteiger partial charge >= 0.3 is 0 Å². The SMILES string of the molecule is CC(C)[C@H](C)[S@@](=O)c1ccccc1. The Morgan fingerprint density at radius 1 is 1.08 bits per heavy atom. The monoisotopic (exact) mass is 196 g/mol. The molecule has 0 aliphatic carbocycles. The van der Waals surface area contributed by atoms with Gasteiger partial charge in [0.15, 0.2) is 0 Å². The molecular formula is C11H16OS. The van der Waals surface area contributed by atoms with Crippen LogP contribution < -0.4 is 0 Å². The second-order valence-electron chi connectivity index (χ2n) is 3.56. The molecule has 1 rings (SSSR count). The fraction of sp³-hybridized carbons (Fsp3) is 0.455. The quantitative estimate of drug-likeness (QED) is 0.726. The van der Waals surface area contributed by atoms with E-state index >= 15 is 0 Å². The second-order valence-corrected chi connectivity index (χ2v) is 5.37. The minimum Gasteiger partial charge on any atom is -0.254 e. The zero-order chi connectivity index (χ0) is 9.84. The average molecular weight is 196 g/mol. The van der Waals surface area contributed by atoms with E-state index in [4.69, 9.17) is 0 Å². The van der Waals surface area contributed by atoms with Gasteiger partial charge in [0.05, 0.1) is 10.8 Å². The maximum atomic E-state index is 11.9. The standard InChI is InChI=1S/C11H16OS/c1-9(2)10(3)13(12)11-7-5-4-6-8-11/h4-10H,1-3H3/t10-,13+/m0/s1. The predicted octanol–water partition coefficient (Wildman–Crippen LogP) is 2.84. The molecule has 0 bridgehead atoms. The molecular weight excluding hydrogens is 180 g/mol. The van der Waals surface area contributed by atoms with E-state index in [1.165, 1.54) is 0 Å². The molecule has 0 amide bonds. The fourth-order valence-corrected chi connectivity index (χ4v) is 2.37. The Kier molecular flexibility index (Phi) is 3.67. The molecule has 2 atom stereocenters. The van der Waals surface area contributed by atoms with Crippen molar-refractivity contribution >= 4 is 10.8 Å². The molecule has 1 aromatic carbocycles. The first-order chi connectivity index (χ1) is 6.13. The molecule has 0 aliphatic rings. The van der Waals surface area contributed by atoms with Crippen molar-refractivity contribution in [1.29, 1.82) is 0 Å². The molecule has 0 aliphatic heterocycles. The summed E-state index contributed by atoms with van der Waals surface area (Å²) in [5, 5.41) is 0.224. The van der Waals surface area contributed by atoms with Gasteiger partial charge in [-0.05, 0) is 18.1 Å². The van der Waals surface area contributed by atoms with E-state index in [1.54, 1.807) is 0 Å². The molecule has 13 heavy (non-hydrogen) atoms. The van der Waals surface area contributed by atoms with E-state index in [2.05, 4.69) is 13.8 Å². The van der Waals surface area contributed by atoms with Gasteiger partial charge in [-0.25, -0.2) is 0 Å². The van der Waals surface area contributed by atoms with Gasteiger partial charge in [0, 0.05) is 10.1 Å². The summed E-state index contributed by atoms with van der Waals surface area (Å²) in [7, 11) is -0.858. The van der Waals surface area contributed by atoms with Gasteiger partial charge in [-0.1, -0.05) is 39.0 Å². The molecule has 0 aromatic heterocycles. The van der Waals surface area contributed by atoms with Gasteiger partial charge in [-0.2, -0.15) is 0 Å². The van der Waals surface area contributed by atoms with Crippen LogP contribution in [0, 0.1) is 5.92 Å². The first-order valence-corrected chi connectivity index (χ1v) is 5.80. The molecule has 0 radical (unpaired) electrons. The highest BCUT2D eigenvalue weighted by Crippen LogP contribution is 2.16. The summed E-state index contributed by atoms with van der Waals surface area (Å²) < 4.78 is 11.9. The molecule has 0 fully saturated rings. The lowest BCUT2D eigenvalue weighted by molar-refractivity contribution is 0.605. The Bertz CT molecular complexity index is 279. The lowest BCUT2D eigenvalue weighted by Crippen LogP contribution is -2.17. The summed E-state index contributed by atoms with van der Waals surface area (Å²) >= 11 is 0. The molecule has 0 heterocycles. The largest absolute Gasteiger partial charge is 0.254 e. The Labute approximate surface area is 82.6 Å². The minimum atomic E-state index is -0.858. The first kappa shape index (κ1) is 10.5. The van der Waals surface area contributed by atoms with Crippen LogP contribution >= 0.6 is 0 Å². The third-order valence-electron chi connectivity index (χ3n) is 2.25. The Balaban J connectivity index is 2.80. The van der Waals surface area contributed by atoms with Gasteiger partial charge in [-0.15, -0.1) is 0 Å². The molecule has 0 saturated carbocycles. The normalized spacial score (nSPS) is 15.7. The van der Waals surface area contributed by atoms with E-state index in [1.807, 2.05) is 37.3 Å². The topological polar surface area (TPSA) is 17.1 Å². The van der Waals surface area contributed by atoms with Gasteiger partial charge in [0.2, 0.25) is 0 Å². The van der Waals surface area contributed by atoms with E-state index in [0.717, 1.165) is 4.90 Å². The summed E-state index contributed by atoms with van der Waals surface area (Å²) in [5.41, 5.74) is 0. The number of benzene rings is 1. The Morgan fingerprint density at radius 2 is 1.62 bits per heavy atom. The maximum Gasteiger partial charge on any atom is 0.0560 e. The number of hydrogen-bond acceptors (Lipinski definition) is 1. The van der Waals surface area contributed by atoms with Crippen LogP contribution in [0.2, 0.25) is 0 Å². The van der Waals surface area contributed by atoms with Crippen molar-refractivity contribution in [2.24, 2.45) is 5.92 Å². The third-order valence-corrected chi connectivity index (χ3v) is 4.21. The van der Waals surface area contributed by atoms with E-state index < -0.39 is 10.8 Å². The van der Waals surface area contributed by atoms with E-state index in [9.17, 15) is 4.21 Å². The van der Waals surface area contributed by atoms with Crippen molar-refractivity contribution in [1.82, 2.24) is 0 Å². The highest BCUT2D eigenvalue weighted by atomic mass is 32.2. The first-order valence-electron chi connectivity index (χ1n) is 4.58. The van der Waals surface area contributed by atoms with Crippen molar-refractivity contribution in [3.8, 4) is 0 Å². The number of rotatable bonds is 3. The van der Waals surface area contributed by atoms with Crippen LogP contribution in [-0.4, -0.2) is 9.46 Å². The smallest absolute Gasteiger partial charge is 0.0560 e. The van der Waals surface area contributed by atoms with Gasteiger partial charge in [0.1, 0.15) is 0 Å². The molecule has 0 spiro atoms. The van der Waals surface area contributed by atoms with Crippen molar-refractivity contribution < 1.29 is 4.21 Å². The summed E-state index contributed by atoms with van der Waals surface area (Å²) in [6.45, 7) is 6.24. The Morgan fingerprint density at radius 3 is 2.08 bits per heavy atom. The summed E-state index contributed by atoms with van der Waals surface area (Å²) in [6.07, 6.45) is 0. The van der Waals surface area contributed by atoms with Gasteiger partial charge in [-0.3, -0.25) is 4.21 Å². The van der Waals surface area contributed by atoms with Crippen molar-refractivity contribution in [3.05, 3.63) is 30.3 Å². The number of hydrogen-bond donors (Lipinski definition) is 0. The van der Waals surface area contributed by atoms with Gasteiger partial charge in [0.25, 0.3) is 0 Å². The van der Waals surface area contributed by atoms with Crippen LogP contribution in [-0.2, 0) is 10.8 Å². The van der Waals surface area contributed by atoms with Crippen molar-refractivity contribution in [2.45, 2.75) is 30.9 Å². The molecule has 0 saturated heterocycles. The van der Waals surface area contributed by atoms with Gasteiger partial charge < -0.3 is 0 Å². The molecule has 0 unspecified atom stereocenters. The van der Waals surface area contributed by atoms with Crippen LogP contribution in [0.4, 0.5) is 0 Å².